The molecule has 1 aromatic heterocycles. The Bertz CT molecular complexity index is 606. The molecule has 0 spiro atoms. The Morgan fingerprint density at radius 3 is 2.63 bits per heavy atom. The van der Waals surface area contributed by atoms with Gasteiger partial charge in [0.1, 0.15) is 24.0 Å². The van der Waals surface area contributed by atoms with Gasteiger partial charge in [0, 0.05) is 6.20 Å². The number of nitriles is 1. The molecule has 96 valence electrons. The number of ether oxygens (including phenoxy) is 2. The van der Waals surface area contributed by atoms with Crippen LogP contribution >= 0.6 is 11.6 Å². The molecule has 0 bridgehead atoms. The molecule has 0 fully saturated rings. The van der Waals surface area contributed by atoms with E-state index in [-0.39, 0.29) is 5.02 Å². The van der Waals surface area contributed by atoms with E-state index in [0.717, 1.165) is 11.3 Å². The Morgan fingerprint density at radius 1 is 1.26 bits per heavy atom. The van der Waals surface area contributed by atoms with Gasteiger partial charge in [-0.1, -0.05) is 23.7 Å². The van der Waals surface area contributed by atoms with Crippen molar-refractivity contribution in [3.05, 3.63) is 52.8 Å². The molecule has 4 nitrogen and oxygen atoms in total. The SMILES string of the molecule is COc1ccc(COc2cncc(Cl)c2C#N)cc1. The molecule has 0 saturated heterocycles. The third-order valence-corrected chi connectivity index (χ3v) is 2.82. The zero-order valence-corrected chi connectivity index (χ0v) is 11.0. The Labute approximate surface area is 116 Å². The van der Waals surface area contributed by atoms with E-state index in [9.17, 15) is 0 Å². The molecule has 0 N–H and O–H groups in total. The highest BCUT2D eigenvalue weighted by Gasteiger charge is 2.08. The summed E-state index contributed by atoms with van der Waals surface area (Å²) in [5.41, 5.74) is 1.26. The minimum Gasteiger partial charge on any atom is -0.497 e. The Kier molecular flexibility index (Phi) is 4.22. The molecule has 0 aliphatic heterocycles. The van der Waals surface area contributed by atoms with Crippen LogP contribution in [-0.2, 0) is 6.61 Å². The van der Waals surface area contributed by atoms with Gasteiger partial charge in [-0.05, 0) is 17.7 Å². The fraction of sp³-hybridized carbons (Fsp3) is 0.143. The van der Waals surface area contributed by atoms with Crippen LogP contribution in [0.3, 0.4) is 0 Å². The summed E-state index contributed by atoms with van der Waals surface area (Å²) in [6, 6.07) is 9.48. The standard InChI is InChI=1S/C14H11ClN2O2/c1-18-11-4-2-10(3-5-11)9-19-14-8-17-7-13(15)12(14)6-16/h2-5,7-8H,9H2,1H3. The predicted molar refractivity (Wildman–Crippen MR) is 71.3 cm³/mol. The normalized spacial score (nSPS) is 9.74. The molecule has 1 heterocycles. The maximum Gasteiger partial charge on any atom is 0.157 e. The third-order valence-electron chi connectivity index (χ3n) is 2.53. The summed E-state index contributed by atoms with van der Waals surface area (Å²) in [5.74, 6) is 1.16. The maximum atomic E-state index is 9.01. The zero-order valence-electron chi connectivity index (χ0n) is 10.3. The van der Waals surface area contributed by atoms with Gasteiger partial charge in [-0.25, -0.2) is 0 Å². The molecule has 0 aliphatic carbocycles. The number of rotatable bonds is 4. The van der Waals surface area contributed by atoms with Crippen LogP contribution in [0.1, 0.15) is 11.1 Å². The number of halogens is 1. The summed E-state index contributed by atoms with van der Waals surface area (Å²) in [5, 5.41) is 9.29. The average Bonchev–Trinajstić information content (AvgIpc) is 2.45. The van der Waals surface area contributed by atoms with E-state index in [1.165, 1.54) is 12.4 Å². The van der Waals surface area contributed by atoms with E-state index < -0.39 is 0 Å². The highest BCUT2D eigenvalue weighted by Crippen LogP contribution is 2.24. The number of aromatic nitrogens is 1. The first kappa shape index (κ1) is 13.2. The average molecular weight is 275 g/mol. The summed E-state index contributed by atoms with van der Waals surface area (Å²) in [4.78, 5) is 3.90. The smallest absolute Gasteiger partial charge is 0.157 e. The van der Waals surface area contributed by atoms with Gasteiger partial charge in [-0.2, -0.15) is 5.26 Å². The van der Waals surface area contributed by atoms with Gasteiger partial charge >= 0.3 is 0 Å². The molecule has 2 rings (SSSR count). The second kappa shape index (κ2) is 6.07. The first-order valence-electron chi connectivity index (χ1n) is 5.54. The molecule has 1 aromatic carbocycles. The number of benzene rings is 1. The second-order valence-electron chi connectivity index (χ2n) is 3.74. The monoisotopic (exact) mass is 274 g/mol. The fourth-order valence-electron chi connectivity index (χ4n) is 1.52. The molecular weight excluding hydrogens is 264 g/mol. The van der Waals surface area contributed by atoms with E-state index in [2.05, 4.69) is 4.98 Å². The molecule has 5 heteroatoms. The lowest BCUT2D eigenvalue weighted by atomic mass is 10.2. The van der Waals surface area contributed by atoms with Gasteiger partial charge in [-0.15, -0.1) is 0 Å². The molecule has 0 saturated carbocycles. The topological polar surface area (TPSA) is 55.1 Å². The van der Waals surface area contributed by atoms with Crippen LogP contribution in [-0.4, -0.2) is 12.1 Å². The van der Waals surface area contributed by atoms with Crippen molar-refractivity contribution in [2.75, 3.05) is 7.11 Å². The highest BCUT2D eigenvalue weighted by atomic mass is 35.5. The largest absolute Gasteiger partial charge is 0.497 e. The van der Waals surface area contributed by atoms with E-state index in [4.69, 9.17) is 26.3 Å². The summed E-state index contributed by atoms with van der Waals surface area (Å²) < 4.78 is 10.6. The molecule has 0 radical (unpaired) electrons. The van der Waals surface area contributed by atoms with E-state index in [0.29, 0.717) is 17.9 Å². The number of pyridine rings is 1. The Morgan fingerprint density at radius 2 is 2.00 bits per heavy atom. The van der Waals surface area contributed by atoms with Crippen molar-refractivity contribution in [2.45, 2.75) is 6.61 Å². The van der Waals surface area contributed by atoms with Crippen LogP contribution in [0.2, 0.25) is 5.02 Å². The maximum absolute atomic E-state index is 9.01. The summed E-state index contributed by atoms with van der Waals surface area (Å²) >= 11 is 5.87. The Balaban J connectivity index is 2.10. The van der Waals surface area contributed by atoms with Crippen molar-refractivity contribution in [1.29, 1.82) is 5.26 Å². The molecule has 19 heavy (non-hydrogen) atoms. The van der Waals surface area contributed by atoms with Crippen LogP contribution < -0.4 is 9.47 Å². The van der Waals surface area contributed by atoms with Gasteiger partial charge in [0.15, 0.2) is 5.75 Å². The predicted octanol–water partition coefficient (Wildman–Crippen LogP) is 3.19. The van der Waals surface area contributed by atoms with Gasteiger partial charge in [0.25, 0.3) is 0 Å². The molecule has 0 amide bonds. The van der Waals surface area contributed by atoms with Crippen LogP contribution in [0, 0.1) is 11.3 Å². The van der Waals surface area contributed by atoms with Crippen molar-refractivity contribution in [3.63, 3.8) is 0 Å². The molecular formula is C14H11ClN2O2. The van der Waals surface area contributed by atoms with Crippen molar-refractivity contribution in [3.8, 4) is 17.6 Å². The molecule has 0 unspecified atom stereocenters. The van der Waals surface area contributed by atoms with Crippen molar-refractivity contribution >= 4 is 11.6 Å². The number of nitrogens with zero attached hydrogens (tertiary/aromatic N) is 2. The summed E-state index contributed by atoms with van der Waals surface area (Å²) in [7, 11) is 1.61. The number of hydrogen-bond acceptors (Lipinski definition) is 4. The molecule has 0 aliphatic rings. The quantitative estimate of drug-likeness (QED) is 0.859. The highest BCUT2D eigenvalue weighted by molar-refractivity contribution is 6.31. The minimum absolute atomic E-state index is 0.287. The van der Waals surface area contributed by atoms with E-state index in [1.807, 2.05) is 30.3 Å². The first-order chi connectivity index (χ1) is 9.24. The van der Waals surface area contributed by atoms with E-state index >= 15 is 0 Å². The van der Waals surface area contributed by atoms with Crippen molar-refractivity contribution in [1.82, 2.24) is 4.98 Å². The number of hydrogen-bond donors (Lipinski definition) is 0. The lowest BCUT2D eigenvalue weighted by Crippen LogP contribution is -1.98. The van der Waals surface area contributed by atoms with Crippen LogP contribution in [0.25, 0.3) is 0 Å². The summed E-state index contributed by atoms with van der Waals surface area (Å²) in [6.07, 6.45) is 2.90. The zero-order chi connectivity index (χ0) is 13.7. The van der Waals surface area contributed by atoms with Gasteiger partial charge in [0.05, 0.1) is 18.3 Å². The Hall–Kier alpha value is -2.25. The lowest BCUT2D eigenvalue weighted by Gasteiger charge is -2.08. The number of methoxy groups -OCH3 is 1. The van der Waals surface area contributed by atoms with Gasteiger partial charge in [-0.3, -0.25) is 4.98 Å². The fourth-order valence-corrected chi connectivity index (χ4v) is 1.71. The molecule has 0 atom stereocenters. The van der Waals surface area contributed by atoms with Crippen molar-refractivity contribution < 1.29 is 9.47 Å². The van der Waals surface area contributed by atoms with Gasteiger partial charge < -0.3 is 9.47 Å². The van der Waals surface area contributed by atoms with Crippen molar-refractivity contribution in [2.24, 2.45) is 0 Å². The third kappa shape index (κ3) is 3.15. The van der Waals surface area contributed by atoms with E-state index in [1.54, 1.807) is 7.11 Å². The van der Waals surface area contributed by atoms with Crippen LogP contribution in [0.15, 0.2) is 36.7 Å². The first-order valence-corrected chi connectivity index (χ1v) is 5.91. The van der Waals surface area contributed by atoms with Crippen LogP contribution in [0.5, 0.6) is 11.5 Å². The van der Waals surface area contributed by atoms with Gasteiger partial charge in [0.2, 0.25) is 0 Å². The minimum atomic E-state index is 0.287. The second-order valence-corrected chi connectivity index (χ2v) is 4.15. The lowest BCUT2D eigenvalue weighted by molar-refractivity contribution is 0.304. The summed E-state index contributed by atoms with van der Waals surface area (Å²) in [6.45, 7) is 0.334. The molecule has 2 aromatic rings. The van der Waals surface area contributed by atoms with Crippen LogP contribution in [0.4, 0.5) is 0 Å².